The number of nitrogens with zero attached hydrogens (tertiary/aromatic N) is 2. The summed E-state index contributed by atoms with van der Waals surface area (Å²) in [6.07, 6.45) is -4.12. The quantitative estimate of drug-likeness (QED) is 0.704. The molecule has 0 spiro atoms. The zero-order valence-corrected chi connectivity index (χ0v) is 10.1. The molecule has 0 aromatic heterocycles. The van der Waals surface area contributed by atoms with Crippen molar-refractivity contribution in [2.75, 3.05) is 32.7 Å². The molecule has 0 aliphatic rings. The zero-order chi connectivity index (χ0) is 12.3. The summed E-state index contributed by atoms with van der Waals surface area (Å²) in [5, 5.41) is 3.12. The van der Waals surface area contributed by atoms with Gasteiger partial charge in [0.1, 0.15) is 0 Å². The molecule has 0 rings (SSSR count). The van der Waals surface area contributed by atoms with Gasteiger partial charge in [0.25, 0.3) is 0 Å². The lowest BCUT2D eigenvalue weighted by Gasteiger charge is -2.17. The van der Waals surface area contributed by atoms with Crippen molar-refractivity contribution in [3.63, 3.8) is 0 Å². The Morgan fingerprint density at radius 3 is 1.40 bits per heavy atom. The number of alkyl halides is 3. The topological polar surface area (TPSA) is 17.3 Å². The van der Waals surface area contributed by atoms with E-state index in [1.54, 1.807) is 6.92 Å². The van der Waals surface area contributed by atoms with Crippen molar-refractivity contribution in [3.05, 3.63) is 5.32 Å². The van der Waals surface area contributed by atoms with Gasteiger partial charge in [0, 0.05) is 0 Å². The maximum absolute atomic E-state index is 11.1. The molecule has 94 valence electrons. The number of hydrogen-bond donors (Lipinski definition) is 0. The van der Waals surface area contributed by atoms with Crippen LogP contribution in [0.25, 0.3) is 5.32 Å². The van der Waals surface area contributed by atoms with Crippen LogP contribution in [0, 0.1) is 0 Å². The number of halogens is 3. The first kappa shape index (κ1) is 17.1. The highest BCUT2D eigenvalue weighted by atomic mass is 19.4. The van der Waals surface area contributed by atoms with Gasteiger partial charge in [-0.2, -0.15) is 19.7 Å². The normalized spacial score (nSPS) is 11.2. The maximum Gasteiger partial charge on any atom is 0.371 e. The molecule has 0 aromatic carbocycles. The van der Waals surface area contributed by atoms with E-state index in [1.807, 2.05) is 0 Å². The van der Waals surface area contributed by atoms with Crippen LogP contribution in [0.2, 0.25) is 0 Å². The Hall–Kier alpha value is -0.290. The lowest BCUT2D eigenvalue weighted by Crippen LogP contribution is -2.21. The highest BCUT2D eigenvalue weighted by Gasteiger charge is 2.19. The van der Waals surface area contributed by atoms with Crippen LogP contribution < -0.4 is 0 Å². The molecule has 2 nitrogen and oxygen atoms in total. The van der Waals surface area contributed by atoms with Crippen LogP contribution in [0.1, 0.15) is 27.7 Å². The van der Waals surface area contributed by atoms with Gasteiger partial charge in [0.2, 0.25) is 0 Å². The second-order valence-electron chi connectivity index (χ2n) is 2.93. The van der Waals surface area contributed by atoms with Gasteiger partial charge in [-0.05, 0) is 19.6 Å². The molecule has 0 saturated heterocycles. The third kappa shape index (κ3) is 16.4. The molecule has 0 aliphatic carbocycles. The van der Waals surface area contributed by atoms with Gasteiger partial charge in [-0.3, -0.25) is 0 Å². The summed E-state index contributed by atoms with van der Waals surface area (Å²) < 4.78 is 33.4. The standard InChI is InChI=1S/C6H15N.C4H7F3N/c1-4-7(5-2)6-3;1-2-8-3-4(5,6)7/h4-6H2,1-3H3;2-3H2,1H3/q;-1. The molecule has 0 saturated carbocycles. The van der Waals surface area contributed by atoms with Crippen molar-refractivity contribution in [2.24, 2.45) is 0 Å². The Balaban J connectivity index is 0. The van der Waals surface area contributed by atoms with Crippen LogP contribution in [0.4, 0.5) is 13.2 Å². The monoisotopic (exact) mass is 227 g/mol. The molecule has 0 amide bonds. The highest BCUT2D eigenvalue weighted by Crippen LogP contribution is 2.16. The number of hydrogen-bond acceptors (Lipinski definition) is 1. The summed E-state index contributed by atoms with van der Waals surface area (Å²) in [6.45, 7) is 10.9. The van der Waals surface area contributed by atoms with E-state index in [4.69, 9.17) is 0 Å². The van der Waals surface area contributed by atoms with E-state index >= 15 is 0 Å². The Kier molecular flexibility index (Phi) is 11.7. The van der Waals surface area contributed by atoms with Crippen molar-refractivity contribution >= 4 is 0 Å². The van der Waals surface area contributed by atoms with Gasteiger partial charge in [-0.1, -0.05) is 34.2 Å². The van der Waals surface area contributed by atoms with E-state index < -0.39 is 12.7 Å². The first-order chi connectivity index (χ1) is 6.91. The van der Waals surface area contributed by atoms with Gasteiger partial charge in [-0.25, -0.2) is 0 Å². The second kappa shape index (κ2) is 10.2. The van der Waals surface area contributed by atoms with Crippen LogP contribution in [0.5, 0.6) is 0 Å². The van der Waals surface area contributed by atoms with Gasteiger partial charge >= 0.3 is 6.18 Å². The lowest BCUT2D eigenvalue weighted by atomic mass is 10.5. The molecule has 0 unspecified atom stereocenters. The predicted molar refractivity (Wildman–Crippen MR) is 58.3 cm³/mol. The first-order valence-corrected chi connectivity index (χ1v) is 5.33. The fourth-order valence-electron chi connectivity index (χ4n) is 0.909. The fourth-order valence-corrected chi connectivity index (χ4v) is 0.909. The summed E-state index contributed by atoms with van der Waals surface area (Å²) in [5.74, 6) is 0. The summed E-state index contributed by atoms with van der Waals surface area (Å²) in [7, 11) is 0. The van der Waals surface area contributed by atoms with E-state index in [9.17, 15) is 13.2 Å². The molecule has 0 N–H and O–H groups in total. The minimum atomic E-state index is -4.12. The summed E-state index contributed by atoms with van der Waals surface area (Å²) in [5.41, 5.74) is 0. The summed E-state index contributed by atoms with van der Waals surface area (Å²) in [4.78, 5) is 2.38. The molecular weight excluding hydrogens is 205 g/mol. The SMILES string of the molecule is CCN(CC)CC.CC[N-]CC(F)(F)F. The molecule has 0 aromatic rings. The Morgan fingerprint density at radius 1 is 0.933 bits per heavy atom. The molecular formula is C10H22F3N2-. The highest BCUT2D eigenvalue weighted by molar-refractivity contribution is 4.79. The Morgan fingerprint density at radius 2 is 1.33 bits per heavy atom. The molecule has 0 fully saturated rings. The average Bonchev–Trinajstić information content (AvgIpc) is 2.17. The van der Waals surface area contributed by atoms with Crippen molar-refractivity contribution < 1.29 is 13.2 Å². The van der Waals surface area contributed by atoms with Gasteiger partial charge in [0.15, 0.2) is 0 Å². The van der Waals surface area contributed by atoms with Crippen LogP contribution >= 0.6 is 0 Å². The summed E-state index contributed by atoms with van der Waals surface area (Å²) >= 11 is 0. The largest absolute Gasteiger partial charge is 0.655 e. The van der Waals surface area contributed by atoms with Crippen molar-refractivity contribution in [1.82, 2.24) is 4.90 Å². The van der Waals surface area contributed by atoms with E-state index in [0.29, 0.717) is 0 Å². The molecule has 0 heterocycles. The third-order valence-corrected chi connectivity index (χ3v) is 1.86. The molecule has 0 aliphatic heterocycles. The van der Waals surface area contributed by atoms with Gasteiger partial charge in [0.05, 0.1) is 0 Å². The minimum Gasteiger partial charge on any atom is -0.655 e. The summed E-state index contributed by atoms with van der Waals surface area (Å²) in [6, 6.07) is 0. The van der Waals surface area contributed by atoms with Gasteiger partial charge < -0.3 is 10.2 Å². The second-order valence-corrected chi connectivity index (χ2v) is 2.93. The fraction of sp³-hybridized carbons (Fsp3) is 1.00. The van der Waals surface area contributed by atoms with E-state index in [1.165, 1.54) is 19.6 Å². The first-order valence-electron chi connectivity index (χ1n) is 5.33. The van der Waals surface area contributed by atoms with Crippen molar-refractivity contribution in [1.29, 1.82) is 0 Å². The average molecular weight is 227 g/mol. The van der Waals surface area contributed by atoms with E-state index in [-0.39, 0.29) is 6.54 Å². The molecule has 0 bridgehead atoms. The van der Waals surface area contributed by atoms with Crippen LogP contribution in [0.3, 0.4) is 0 Å². The van der Waals surface area contributed by atoms with Crippen LogP contribution in [-0.2, 0) is 0 Å². The third-order valence-electron chi connectivity index (χ3n) is 1.86. The zero-order valence-electron chi connectivity index (χ0n) is 10.1. The molecule has 15 heavy (non-hydrogen) atoms. The maximum atomic E-state index is 11.1. The van der Waals surface area contributed by atoms with Gasteiger partial charge in [-0.15, -0.1) is 0 Å². The lowest BCUT2D eigenvalue weighted by molar-refractivity contribution is -0.113. The van der Waals surface area contributed by atoms with Crippen LogP contribution in [0.15, 0.2) is 0 Å². The molecule has 5 heteroatoms. The number of rotatable bonds is 5. The Labute approximate surface area is 90.8 Å². The minimum absolute atomic E-state index is 0.236. The molecule has 0 radical (unpaired) electrons. The van der Waals surface area contributed by atoms with E-state index in [2.05, 4.69) is 31.0 Å². The van der Waals surface area contributed by atoms with E-state index in [0.717, 1.165) is 0 Å². The smallest absolute Gasteiger partial charge is 0.371 e. The van der Waals surface area contributed by atoms with Crippen molar-refractivity contribution in [3.8, 4) is 0 Å². The van der Waals surface area contributed by atoms with Crippen molar-refractivity contribution in [2.45, 2.75) is 33.9 Å². The van der Waals surface area contributed by atoms with Crippen LogP contribution in [-0.4, -0.2) is 43.8 Å². The molecule has 0 atom stereocenters. The Bertz CT molecular complexity index is 117. The predicted octanol–water partition coefficient (Wildman–Crippen LogP) is 3.29.